The summed E-state index contributed by atoms with van der Waals surface area (Å²) in [6.07, 6.45) is 0. The maximum Gasteiger partial charge on any atom is 0.255 e. The van der Waals surface area contributed by atoms with Gasteiger partial charge in [0.25, 0.3) is 5.91 Å². The zero-order chi connectivity index (χ0) is 22.6. The predicted octanol–water partition coefficient (Wildman–Crippen LogP) is 3.87. The number of rotatable bonds is 7. The number of anilines is 1. The molecule has 0 fully saturated rings. The van der Waals surface area contributed by atoms with Crippen LogP contribution in [0.3, 0.4) is 0 Å². The van der Waals surface area contributed by atoms with Crippen molar-refractivity contribution in [2.45, 2.75) is 4.90 Å². The van der Waals surface area contributed by atoms with Gasteiger partial charge in [-0.3, -0.25) is 4.79 Å². The van der Waals surface area contributed by atoms with Gasteiger partial charge in [0, 0.05) is 30.9 Å². The van der Waals surface area contributed by atoms with E-state index in [9.17, 15) is 13.2 Å². The lowest BCUT2D eigenvalue weighted by Crippen LogP contribution is -2.22. The smallest absolute Gasteiger partial charge is 0.255 e. The molecule has 8 heteroatoms. The highest BCUT2D eigenvalue weighted by Gasteiger charge is 2.19. The normalized spacial score (nSPS) is 11.3. The van der Waals surface area contributed by atoms with E-state index in [1.54, 1.807) is 44.6 Å². The van der Waals surface area contributed by atoms with E-state index in [0.717, 1.165) is 21.2 Å². The molecule has 3 aromatic carbocycles. The summed E-state index contributed by atoms with van der Waals surface area (Å²) < 4.78 is 36.5. The zero-order valence-corrected chi connectivity index (χ0v) is 18.6. The molecule has 0 spiro atoms. The summed E-state index contributed by atoms with van der Waals surface area (Å²) in [7, 11) is 2.43. The van der Waals surface area contributed by atoms with E-state index in [1.165, 1.54) is 26.2 Å². The van der Waals surface area contributed by atoms with Crippen molar-refractivity contribution in [1.82, 2.24) is 4.31 Å². The van der Waals surface area contributed by atoms with Gasteiger partial charge in [-0.1, -0.05) is 18.2 Å². The second kappa shape index (κ2) is 9.20. The van der Waals surface area contributed by atoms with E-state index in [1.807, 2.05) is 24.3 Å². The molecule has 7 nitrogen and oxygen atoms in total. The Labute approximate surface area is 182 Å². The van der Waals surface area contributed by atoms with Crippen LogP contribution in [0.1, 0.15) is 10.4 Å². The topological polar surface area (TPSA) is 84.9 Å². The third-order valence-corrected chi connectivity index (χ3v) is 6.54. The zero-order valence-electron chi connectivity index (χ0n) is 17.7. The van der Waals surface area contributed by atoms with Gasteiger partial charge < -0.3 is 14.8 Å². The first-order valence-electron chi connectivity index (χ1n) is 9.42. The van der Waals surface area contributed by atoms with Gasteiger partial charge in [-0.2, -0.15) is 0 Å². The molecule has 0 saturated carbocycles. The van der Waals surface area contributed by atoms with Crippen molar-refractivity contribution in [1.29, 1.82) is 0 Å². The molecular formula is C23H24N2O5S. The Morgan fingerprint density at radius 2 is 1.61 bits per heavy atom. The molecule has 0 bridgehead atoms. The van der Waals surface area contributed by atoms with E-state index in [-0.39, 0.29) is 10.5 Å². The number of amides is 1. The number of nitrogens with zero attached hydrogens (tertiary/aromatic N) is 1. The second-order valence-corrected chi connectivity index (χ2v) is 9.06. The number of carbonyl (C=O) groups excluding carboxylic acids is 1. The van der Waals surface area contributed by atoms with Crippen LogP contribution in [0.15, 0.2) is 71.6 Å². The Morgan fingerprint density at radius 3 is 2.23 bits per heavy atom. The Morgan fingerprint density at radius 1 is 0.903 bits per heavy atom. The number of benzene rings is 3. The van der Waals surface area contributed by atoms with Crippen molar-refractivity contribution in [2.75, 3.05) is 33.6 Å². The summed E-state index contributed by atoms with van der Waals surface area (Å²) in [5.74, 6) is 0.976. The van der Waals surface area contributed by atoms with E-state index >= 15 is 0 Å². The van der Waals surface area contributed by atoms with Crippen LogP contribution < -0.4 is 14.8 Å². The maximum absolute atomic E-state index is 12.8. The number of methoxy groups -OCH3 is 2. The van der Waals surface area contributed by atoms with Crippen LogP contribution in [-0.2, 0) is 10.0 Å². The minimum atomic E-state index is -3.64. The molecule has 31 heavy (non-hydrogen) atoms. The minimum Gasteiger partial charge on any atom is -0.497 e. The molecule has 0 aromatic heterocycles. The fraction of sp³-hybridized carbons (Fsp3) is 0.174. The number of carbonyl (C=O) groups is 1. The van der Waals surface area contributed by atoms with Gasteiger partial charge in [0.2, 0.25) is 10.0 Å². The molecule has 0 aliphatic rings. The average Bonchev–Trinajstić information content (AvgIpc) is 2.79. The van der Waals surface area contributed by atoms with Crippen molar-refractivity contribution in [3.63, 3.8) is 0 Å². The van der Waals surface area contributed by atoms with E-state index in [4.69, 9.17) is 9.47 Å². The highest BCUT2D eigenvalue weighted by atomic mass is 32.2. The third kappa shape index (κ3) is 4.87. The Kier molecular flexibility index (Phi) is 6.62. The van der Waals surface area contributed by atoms with Crippen molar-refractivity contribution < 1.29 is 22.7 Å². The average molecular weight is 441 g/mol. The number of ether oxygens (including phenoxy) is 2. The van der Waals surface area contributed by atoms with Crippen LogP contribution in [0.5, 0.6) is 11.5 Å². The van der Waals surface area contributed by atoms with E-state index in [0.29, 0.717) is 11.4 Å². The highest BCUT2D eigenvalue weighted by molar-refractivity contribution is 7.89. The molecule has 1 N–H and O–H groups in total. The molecule has 1 amide bonds. The predicted molar refractivity (Wildman–Crippen MR) is 120 cm³/mol. The number of nitrogens with one attached hydrogen (secondary N) is 1. The molecule has 0 unspecified atom stereocenters. The molecule has 0 aliphatic heterocycles. The minimum absolute atomic E-state index is 0.0544. The second-order valence-electron chi connectivity index (χ2n) is 6.91. The Balaban J connectivity index is 1.90. The third-order valence-electron chi connectivity index (χ3n) is 4.73. The monoisotopic (exact) mass is 440 g/mol. The van der Waals surface area contributed by atoms with Crippen LogP contribution in [0.4, 0.5) is 5.69 Å². The standard InChI is InChI=1S/C23H24N2O5S/c1-25(2)31(27,28)20-7-5-6-17(14-20)23(26)24-18-10-13-22(30-4)21(15-18)16-8-11-19(29-3)12-9-16/h5-15H,1-4H3,(H,24,26). The van der Waals surface area contributed by atoms with E-state index in [2.05, 4.69) is 5.32 Å². The van der Waals surface area contributed by atoms with Crippen LogP contribution in [0.2, 0.25) is 0 Å². The first-order chi connectivity index (χ1) is 14.8. The summed E-state index contributed by atoms with van der Waals surface area (Å²) in [5.41, 5.74) is 2.49. The Bertz CT molecular complexity index is 1190. The fourth-order valence-electron chi connectivity index (χ4n) is 2.99. The van der Waals surface area contributed by atoms with Gasteiger partial charge >= 0.3 is 0 Å². The molecule has 0 radical (unpaired) electrons. The maximum atomic E-state index is 12.8. The molecule has 0 saturated heterocycles. The van der Waals surface area contributed by atoms with E-state index < -0.39 is 15.9 Å². The quantitative estimate of drug-likeness (QED) is 0.603. The van der Waals surface area contributed by atoms with Gasteiger partial charge in [0.05, 0.1) is 19.1 Å². The fourth-order valence-corrected chi connectivity index (χ4v) is 3.94. The summed E-state index contributed by atoms with van der Waals surface area (Å²) in [4.78, 5) is 12.8. The van der Waals surface area contributed by atoms with Crippen LogP contribution in [0.25, 0.3) is 11.1 Å². The van der Waals surface area contributed by atoms with Crippen LogP contribution in [-0.4, -0.2) is 46.9 Å². The molecule has 162 valence electrons. The first-order valence-corrected chi connectivity index (χ1v) is 10.9. The molecular weight excluding hydrogens is 416 g/mol. The number of hydrogen-bond donors (Lipinski definition) is 1. The SMILES string of the molecule is COc1ccc(-c2cc(NC(=O)c3cccc(S(=O)(=O)N(C)C)c3)ccc2OC)cc1. The van der Waals surface area contributed by atoms with Crippen molar-refractivity contribution in [3.8, 4) is 22.6 Å². The number of sulfonamides is 1. The van der Waals surface area contributed by atoms with Gasteiger partial charge in [-0.25, -0.2) is 12.7 Å². The Hall–Kier alpha value is -3.36. The van der Waals surface area contributed by atoms with Crippen LogP contribution >= 0.6 is 0 Å². The highest BCUT2D eigenvalue weighted by Crippen LogP contribution is 2.33. The summed E-state index contributed by atoms with van der Waals surface area (Å²) in [6, 6.07) is 18.7. The first kappa shape index (κ1) is 22.3. The largest absolute Gasteiger partial charge is 0.497 e. The summed E-state index contributed by atoms with van der Waals surface area (Å²) >= 11 is 0. The lowest BCUT2D eigenvalue weighted by Gasteiger charge is -2.14. The van der Waals surface area contributed by atoms with Crippen LogP contribution in [0, 0.1) is 0 Å². The van der Waals surface area contributed by atoms with Gasteiger partial charge in [0.1, 0.15) is 11.5 Å². The summed E-state index contributed by atoms with van der Waals surface area (Å²) in [6.45, 7) is 0. The molecule has 0 aliphatic carbocycles. The van der Waals surface area contributed by atoms with Gasteiger partial charge in [-0.15, -0.1) is 0 Å². The molecule has 3 rings (SSSR count). The van der Waals surface area contributed by atoms with Crippen molar-refractivity contribution in [2.24, 2.45) is 0 Å². The summed E-state index contributed by atoms with van der Waals surface area (Å²) in [5, 5.41) is 2.82. The molecule has 0 heterocycles. The van der Waals surface area contributed by atoms with Gasteiger partial charge in [-0.05, 0) is 54.1 Å². The van der Waals surface area contributed by atoms with Gasteiger partial charge in [0.15, 0.2) is 0 Å². The van der Waals surface area contributed by atoms with Crippen molar-refractivity contribution >= 4 is 21.6 Å². The molecule has 0 atom stereocenters. The lowest BCUT2D eigenvalue weighted by atomic mass is 10.0. The van der Waals surface area contributed by atoms with Crippen molar-refractivity contribution in [3.05, 3.63) is 72.3 Å². The molecule has 3 aromatic rings. The number of hydrogen-bond acceptors (Lipinski definition) is 5. The lowest BCUT2D eigenvalue weighted by molar-refractivity contribution is 0.102.